The van der Waals surface area contributed by atoms with Crippen molar-refractivity contribution in [2.45, 2.75) is 40.2 Å². The summed E-state index contributed by atoms with van der Waals surface area (Å²) in [7, 11) is 0. The van der Waals surface area contributed by atoms with Crippen LogP contribution in [0.1, 0.15) is 39.3 Å². The highest BCUT2D eigenvalue weighted by Gasteiger charge is 2.08. The summed E-state index contributed by atoms with van der Waals surface area (Å²) in [6, 6.07) is 0. The van der Waals surface area contributed by atoms with Gasteiger partial charge in [-0.1, -0.05) is 27.7 Å². The smallest absolute Gasteiger partial charge is 0.190 e. The third-order valence-electron chi connectivity index (χ3n) is 1.95. The zero-order valence-corrected chi connectivity index (χ0v) is 8.99. The maximum absolute atomic E-state index is 4.33. The van der Waals surface area contributed by atoms with Crippen molar-refractivity contribution in [3.8, 4) is 0 Å². The van der Waals surface area contributed by atoms with Crippen LogP contribution in [0.4, 0.5) is 0 Å². The van der Waals surface area contributed by atoms with Gasteiger partial charge in [0.15, 0.2) is 18.9 Å². The molecule has 1 heterocycles. The van der Waals surface area contributed by atoms with E-state index in [4.69, 9.17) is 0 Å². The van der Waals surface area contributed by atoms with Crippen molar-refractivity contribution in [1.29, 1.82) is 0 Å². The lowest BCUT2D eigenvalue weighted by atomic mass is 10.1. The van der Waals surface area contributed by atoms with E-state index >= 15 is 0 Å². The highest BCUT2D eigenvalue weighted by Crippen LogP contribution is 2.07. The molecule has 1 aromatic rings. The Morgan fingerprint density at radius 1 is 1.31 bits per heavy atom. The second kappa shape index (κ2) is 4.35. The molecule has 0 radical (unpaired) electrons. The first-order chi connectivity index (χ1) is 6.09. The summed E-state index contributed by atoms with van der Waals surface area (Å²) in [6.07, 6.45) is 6.06. The van der Waals surface area contributed by atoms with Gasteiger partial charge >= 0.3 is 0 Å². The average Bonchev–Trinajstić information content (AvgIpc) is 2.03. The molecule has 0 unspecified atom stereocenters. The molecule has 0 aliphatic heterocycles. The lowest BCUT2D eigenvalue weighted by molar-refractivity contribution is -0.703. The molecule has 2 nitrogen and oxygen atoms in total. The van der Waals surface area contributed by atoms with Crippen molar-refractivity contribution in [2.75, 3.05) is 0 Å². The summed E-state index contributed by atoms with van der Waals surface area (Å²) in [6.45, 7) is 9.86. The molecule has 13 heavy (non-hydrogen) atoms. The van der Waals surface area contributed by atoms with Crippen LogP contribution >= 0.6 is 0 Å². The molecular weight excluding hydrogens is 160 g/mol. The topological polar surface area (TPSA) is 16.8 Å². The van der Waals surface area contributed by atoms with Gasteiger partial charge in [-0.3, -0.25) is 0 Å². The first-order valence-corrected chi connectivity index (χ1v) is 4.94. The monoisotopic (exact) mass is 179 g/mol. The van der Waals surface area contributed by atoms with Gasteiger partial charge in [0.2, 0.25) is 0 Å². The SMILES string of the molecule is CC(C)C[n+]1ccnc(C(C)C)c1. The molecule has 0 atom stereocenters. The third kappa shape index (κ3) is 3.13. The van der Waals surface area contributed by atoms with Gasteiger partial charge in [-0.05, 0) is 0 Å². The summed E-state index contributed by atoms with van der Waals surface area (Å²) in [4.78, 5) is 4.33. The van der Waals surface area contributed by atoms with E-state index in [1.807, 2.05) is 12.4 Å². The van der Waals surface area contributed by atoms with Gasteiger partial charge in [-0.25, -0.2) is 9.55 Å². The Balaban J connectivity index is 2.79. The normalized spacial score (nSPS) is 11.2. The van der Waals surface area contributed by atoms with Crippen LogP contribution in [-0.4, -0.2) is 4.98 Å². The minimum atomic E-state index is 0.514. The largest absolute Gasteiger partial charge is 0.249 e. The molecule has 2 heteroatoms. The quantitative estimate of drug-likeness (QED) is 0.650. The molecule has 72 valence electrons. The highest BCUT2D eigenvalue weighted by atomic mass is 15.0. The lowest BCUT2D eigenvalue weighted by Crippen LogP contribution is -2.36. The Morgan fingerprint density at radius 2 is 2.00 bits per heavy atom. The fourth-order valence-corrected chi connectivity index (χ4v) is 1.28. The fourth-order valence-electron chi connectivity index (χ4n) is 1.28. The fraction of sp³-hybridized carbons (Fsp3) is 0.636. The Kier molecular flexibility index (Phi) is 3.40. The maximum Gasteiger partial charge on any atom is 0.190 e. The minimum Gasteiger partial charge on any atom is -0.249 e. The van der Waals surface area contributed by atoms with Gasteiger partial charge in [0.05, 0.1) is 6.20 Å². The van der Waals surface area contributed by atoms with Gasteiger partial charge in [0, 0.05) is 11.8 Å². The van der Waals surface area contributed by atoms with Crippen LogP contribution in [0.3, 0.4) is 0 Å². The second-order valence-corrected chi connectivity index (χ2v) is 4.23. The predicted molar refractivity (Wildman–Crippen MR) is 53.4 cm³/mol. The summed E-state index contributed by atoms with van der Waals surface area (Å²) in [5.41, 5.74) is 1.17. The first kappa shape index (κ1) is 10.2. The molecule has 0 bridgehead atoms. The van der Waals surface area contributed by atoms with Crippen LogP contribution in [0.2, 0.25) is 0 Å². The van der Waals surface area contributed by atoms with E-state index in [1.165, 1.54) is 5.69 Å². The zero-order chi connectivity index (χ0) is 9.84. The van der Waals surface area contributed by atoms with Crippen LogP contribution in [0.15, 0.2) is 18.6 Å². The summed E-state index contributed by atoms with van der Waals surface area (Å²) in [5, 5.41) is 0. The molecular formula is C11H19N2+. The predicted octanol–water partition coefficient (Wildman–Crippen LogP) is 2.15. The molecule has 0 spiro atoms. The molecule has 0 aromatic carbocycles. The minimum absolute atomic E-state index is 0.514. The summed E-state index contributed by atoms with van der Waals surface area (Å²) >= 11 is 0. The molecule has 0 amide bonds. The summed E-state index contributed by atoms with van der Waals surface area (Å²) in [5.74, 6) is 1.20. The van der Waals surface area contributed by atoms with E-state index in [0.29, 0.717) is 11.8 Å². The molecule has 0 saturated heterocycles. The molecule has 0 aliphatic carbocycles. The molecule has 1 rings (SSSR count). The standard InChI is InChI=1S/C11H19N2/c1-9(2)7-13-6-5-12-11(8-13)10(3)4/h5-6,8-10H,7H2,1-4H3/q+1. The first-order valence-electron chi connectivity index (χ1n) is 4.94. The molecule has 0 fully saturated rings. The van der Waals surface area contributed by atoms with Crippen LogP contribution < -0.4 is 4.57 Å². The third-order valence-corrected chi connectivity index (χ3v) is 1.95. The van der Waals surface area contributed by atoms with Gasteiger partial charge in [-0.15, -0.1) is 0 Å². The molecule has 1 aromatic heterocycles. The Morgan fingerprint density at radius 3 is 2.54 bits per heavy atom. The Bertz CT molecular complexity index is 267. The van der Waals surface area contributed by atoms with E-state index in [0.717, 1.165) is 6.54 Å². The van der Waals surface area contributed by atoms with Gasteiger partial charge in [0.25, 0.3) is 0 Å². The lowest BCUT2D eigenvalue weighted by Gasteiger charge is -2.03. The van der Waals surface area contributed by atoms with E-state index in [2.05, 4.69) is 43.4 Å². The molecule has 0 saturated carbocycles. The van der Waals surface area contributed by atoms with Crippen LogP contribution in [0.5, 0.6) is 0 Å². The highest BCUT2D eigenvalue weighted by molar-refractivity contribution is 4.96. The van der Waals surface area contributed by atoms with Crippen molar-refractivity contribution in [3.63, 3.8) is 0 Å². The molecule has 0 aliphatic rings. The summed E-state index contributed by atoms with van der Waals surface area (Å²) < 4.78 is 2.22. The van der Waals surface area contributed by atoms with Gasteiger partial charge < -0.3 is 0 Å². The van der Waals surface area contributed by atoms with E-state index in [-0.39, 0.29) is 0 Å². The molecule has 0 N–H and O–H groups in total. The van der Waals surface area contributed by atoms with Crippen molar-refractivity contribution in [2.24, 2.45) is 5.92 Å². The number of rotatable bonds is 3. The number of hydrogen-bond acceptors (Lipinski definition) is 1. The Labute approximate surface area is 80.6 Å². The number of hydrogen-bond donors (Lipinski definition) is 0. The van der Waals surface area contributed by atoms with Crippen molar-refractivity contribution in [3.05, 3.63) is 24.3 Å². The van der Waals surface area contributed by atoms with E-state index in [1.54, 1.807) is 0 Å². The van der Waals surface area contributed by atoms with Crippen molar-refractivity contribution < 1.29 is 4.57 Å². The Hall–Kier alpha value is -0.920. The maximum atomic E-state index is 4.33. The number of nitrogens with zero attached hydrogens (tertiary/aromatic N) is 2. The second-order valence-electron chi connectivity index (χ2n) is 4.23. The van der Waals surface area contributed by atoms with Crippen LogP contribution in [0, 0.1) is 5.92 Å². The van der Waals surface area contributed by atoms with Crippen molar-refractivity contribution in [1.82, 2.24) is 4.98 Å². The van der Waals surface area contributed by atoms with Crippen LogP contribution in [0.25, 0.3) is 0 Å². The van der Waals surface area contributed by atoms with Crippen molar-refractivity contribution >= 4 is 0 Å². The van der Waals surface area contributed by atoms with E-state index < -0.39 is 0 Å². The van der Waals surface area contributed by atoms with Gasteiger partial charge in [-0.2, -0.15) is 0 Å². The average molecular weight is 179 g/mol. The van der Waals surface area contributed by atoms with Gasteiger partial charge in [0.1, 0.15) is 5.69 Å². The van der Waals surface area contributed by atoms with Crippen LogP contribution in [-0.2, 0) is 6.54 Å². The number of aromatic nitrogens is 2. The van der Waals surface area contributed by atoms with E-state index in [9.17, 15) is 0 Å². The zero-order valence-electron chi connectivity index (χ0n) is 8.99.